The monoisotopic (exact) mass is 376 g/mol. The van der Waals surface area contributed by atoms with Gasteiger partial charge in [-0.2, -0.15) is 0 Å². The summed E-state index contributed by atoms with van der Waals surface area (Å²) in [5, 5.41) is 3.47. The second-order valence-corrected chi connectivity index (χ2v) is 7.08. The van der Waals surface area contributed by atoms with E-state index in [1.807, 2.05) is 28.1 Å². The van der Waals surface area contributed by atoms with Crippen molar-refractivity contribution in [2.75, 3.05) is 38.5 Å². The molecule has 0 fully saturated rings. The number of hydrogen-bond donors (Lipinski definition) is 2. The van der Waals surface area contributed by atoms with Crippen LogP contribution in [-0.4, -0.2) is 40.2 Å². The van der Waals surface area contributed by atoms with Gasteiger partial charge < -0.3 is 19.9 Å². The maximum atomic E-state index is 12.6. The Kier molecular flexibility index (Phi) is 6.89. The fraction of sp³-hybridized carbons (Fsp3) is 0.350. The van der Waals surface area contributed by atoms with E-state index in [0.717, 1.165) is 17.1 Å². The first-order chi connectivity index (χ1) is 12.3. The van der Waals surface area contributed by atoms with Crippen molar-refractivity contribution in [3.8, 4) is 5.75 Å². The second kappa shape index (κ2) is 8.92. The molecular weight excluding hydrogens is 350 g/mol. The van der Waals surface area contributed by atoms with Crippen LogP contribution >= 0.6 is 11.6 Å². The van der Waals surface area contributed by atoms with Crippen molar-refractivity contribution in [1.29, 1.82) is 0 Å². The topological polar surface area (TPSA) is 46.0 Å². The summed E-state index contributed by atoms with van der Waals surface area (Å²) in [6.45, 7) is 2.67. The molecule has 0 aromatic heterocycles. The van der Waals surface area contributed by atoms with Gasteiger partial charge in [-0.15, -0.1) is 0 Å². The lowest BCUT2D eigenvalue weighted by molar-refractivity contribution is -0.907. The van der Waals surface area contributed by atoms with Crippen LogP contribution in [0.1, 0.15) is 12.5 Å². The summed E-state index contributed by atoms with van der Waals surface area (Å²) in [7, 11) is 7.61. The van der Waals surface area contributed by atoms with Crippen LogP contribution in [0.4, 0.5) is 11.4 Å². The molecule has 0 aliphatic rings. The summed E-state index contributed by atoms with van der Waals surface area (Å²) in [6, 6.07) is 13.3. The number of nitrogens with one attached hydrogen (secondary N) is 2. The Morgan fingerprint density at radius 1 is 1.23 bits per heavy atom. The third-order valence-corrected chi connectivity index (χ3v) is 4.72. The number of carbonyl (C=O) groups excluding carboxylic acids is 1. The van der Waals surface area contributed by atoms with Crippen LogP contribution in [0.2, 0.25) is 5.02 Å². The van der Waals surface area contributed by atoms with Gasteiger partial charge in [0.2, 0.25) is 0 Å². The molecule has 0 aliphatic heterocycles. The number of quaternary nitrogens is 1. The summed E-state index contributed by atoms with van der Waals surface area (Å²) in [5.41, 5.74) is 2.93. The first kappa shape index (κ1) is 20.1. The minimum atomic E-state index is -0.229. The van der Waals surface area contributed by atoms with E-state index in [2.05, 4.69) is 34.5 Å². The van der Waals surface area contributed by atoms with E-state index < -0.39 is 0 Å². The van der Waals surface area contributed by atoms with Gasteiger partial charge in [-0.3, -0.25) is 4.79 Å². The largest absolute Gasteiger partial charge is 0.495 e. The van der Waals surface area contributed by atoms with Crippen molar-refractivity contribution in [2.45, 2.75) is 19.5 Å². The minimum Gasteiger partial charge on any atom is -0.495 e. The number of methoxy groups -OCH3 is 1. The number of rotatable bonds is 7. The molecule has 0 radical (unpaired) electrons. The van der Waals surface area contributed by atoms with Crippen LogP contribution in [0.15, 0.2) is 42.5 Å². The van der Waals surface area contributed by atoms with Gasteiger partial charge in [0.05, 0.1) is 19.8 Å². The molecular formula is C20H27ClN3O2+. The third-order valence-electron chi connectivity index (χ3n) is 4.49. The number of carbonyl (C=O) groups is 1. The predicted molar refractivity (Wildman–Crippen MR) is 107 cm³/mol. The molecule has 26 heavy (non-hydrogen) atoms. The quantitative estimate of drug-likeness (QED) is 0.780. The number of hydrogen-bond acceptors (Lipinski definition) is 3. The third kappa shape index (κ3) is 5.13. The highest BCUT2D eigenvalue weighted by Crippen LogP contribution is 2.27. The number of ether oxygens (including phenoxy) is 1. The molecule has 0 bridgehead atoms. The van der Waals surface area contributed by atoms with Crippen molar-refractivity contribution in [3.63, 3.8) is 0 Å². The second-order valence-electron chi connectivity index (χ2n) is 6.64. The molecule has 1 unspecified atom stereocenters. The lowest BCUT2D eigenvalue weighted by Gasteiger charge is -2.22. The van der Waals surface area contributed by atoms with E-state index in [1.54, 1.807) is 25.3 Å². The van der Waals surface area contributed by atoms with Gasteiger partial charge in [0.1, 0.15) is 12.3 Å². The minimum absolute atomic E-state index is 0.0759. The fourth-order valence-corrected chi connectivity index (χ4v) is 2.80. The highest BCUT2D eigenvalue weighted by Gasteiger charge is 2.23. The summed E-state index contributed by atoms with van der Waals surface area (Å²) in [6.07, 6.45) is 0. The zero-order valence-electron chi connectivity index (χ0n) is 16.0. The Hall–Kier alpha value is -2.24. The summed E-state index contributed by atoms with van der Waals surface area (Å²) < 4.78 is 5.28. The van der Waals surface area contributed by atoms with Crippen LogP contribution < -0.4 is 19.9 Å². The van der Waals surface area contributed by atoms with Crippen LogP contribution in [0.3, 0.4) is 0 Å². The normalized spacial score (nSPS) is 13.0. The van der Waals surface area contributed by atoms with Crippen molar-refractivity contribution in [1.82, 2.24) is 0 Å². The highest BCUT2D eigenvalue weighted by atomic mass is 35.5. The first-order valence-corrected chi connectivity index (χ1v) is 8.92. The molecule has 0 heterocycles. The molecule has 0 saturated heterocycles. The molecule has 2 aromatic carbocycles. The lowest BCUT2D eigenvalue weighted by Crippen LogP contribution is -3.12. The Morgan fingerprint density at radius 3 is 2.46 bits per heavy atom. The Labute approximate surface area is 160 Å². The summed E-state index contributed by atoms with van der Waals surface area (Å²) >= 11 is 6.03. The maximum absolute atomic E-state index is 12.6. The molecule has 5 nitrogen and oxygen atoms in total. The molecule has 0 aliphatic carbocycles. The Morgan fingerprint density at radius 2 is 1.88 bits per heavy atom. The molecule has 6 heteroatoms. The van der Waals surface area contributed by atoms with Crippen molar-refractivity contribution in [3.05, 3.63) is 53.1 Å². The van der Waals surface area contributed by atoms with E-state index in [0.29, 0.717) is 16.5 Å². The Bertz CT molecular complexity index is 747. The summed E-state index contributed by atoms with van der Waals surface area (Å²) in [4.78, 5) is 15.8. The number of benzene rings is 2. The van der Waals surface area contributed by atoms with Gasteiger partial charge in [-0.1, -0.05) is 23.7 Å². The molecule has 0 saturated carbocycles. The number of halogens is 1. The van der Waals surface area contributed by atoms with Gasteiger partial charge in [-0.25, -0.2) is 0 Å². The fourth-order valence-electron chi connectivity index (χ4n) is 2.63. The van der Waals surface area contributed by atoms with E-state index in [4.69, 9.17) is 16.3 Å². The summed E-state index contributed by atoms with van der Waals surface area (Å²) in [5.74, 6) is 0.514. The van der Waals surface area contributed by atoms with Gasteiger partial charge in [-0.05, 0) is 37.3 Å². The van der Waals surface area contributed by atoms with E-state index in [-0.39, 0.29) is 11.9 Å². The van der Waals surface area contributed by atoms with E-state index in [9.17, 15) is 4.79 Å². The average molecular weight is 377 g/mol. The molecule has 1 amide bonds. The number of nitrogens with zero attached hydrogens (tertiary/aromatic N) is 1. The average Bonchev–Trinajstić information content (AvgIpc) is 2.61. The smallest absolute Gasteiger partial charge is 0.282 e. The van der Waals surface area contributed by atoms with E-state index >= 15 is 0 Å². The zero-order chi connectivity index (χ0) is 19.3. The number of amides is 1. The zero-order valence-corrected chi connectivity index (χ0v) is 16.7. The van der Waals surface area contributed by atoms with E-state index in [1.165, 1.54) is 5.56 Å². The molecule has 140 valence electrons. The van der Waals surface area contributed by atoms with Crippen molar-refractivity contribution in [2.24, 2.45) is 0 Å². The highest BCUT2D eigenvalue weighted by molar-refractivity contribution is 6.31. The van der Waals surface area contributed by atoms with Crippen LogP contribution in [0.25, 0.3) is 0 Å². The van der Waals surface area contributed by atoms with Gasteiger partial charge in [0.25, 0.3) is 5.91 Å². The molecule has 0 spiro atoms. The van der Waals surface area contributed by atoms with Crippen molar-refractivity contribution >= 4 is 28.9 Å². The van der Waals surface area contributed by atoms with Crippen LogP contribution in [0, 0.1) is 0 Å². The van der Waals surface area contributed by atoms with Gasteiger partial charge >= 0.3 is 0 Å². The van der Waals surface area contributed by atoms with Gasteiger partial charge in [0.15, 0.2) is 6.04 Å². The van der Waals surface area contributed by atoms with Crippen molar-refractivity contribution < 1.29 is 14.4 Å². The molecule has 2 aromatic rings. The molecule has 2 rings (SSSR count). The predicted octanol–water partition coefficient (Wildman–Crippen LogP) is 2.46. The SMILES string of the molecule is COc1ccc(Cl)cc1NC(=O)[C@H](C)[NH+](C)Cc1ccc(N(C)C)cc1. The maximum Gasteiger partial charge on any atom is 0.282 e. The molecule has 2 N–H and O–H groups in total. The number of anilines is 2. The van der Waals surface area contributed by atoms with Crippen LogP contribution in [-0.2, 0) is 11.3 Å². The molecule has 2 atom stereocenters. The lowest BCUT2D eigenvalue weighted by atomic mass is 10.1. The first-order valence-electron chi connectivity index (χ1n) is 8.54. The van der Waals surface area contributed by atoms with Gasteiger partial charge in [0, 0.05) is 30.4 Å². The number of likely N-dealkylation sites (N-methyl/N-ethyl adjacent to an activating group) is 1. The Balaban J connectivity index is 2.02. The standard InChI is InChI=1S/C20H26ClN3O2/c1-14(20(25)22-18-12-16(21)8-11-19(18)26-5)24(4)13-15-6-9-17(10-7-15)23(2)3/h6-12,14H,13H2,1-5H3,(H,22,25)/p+1/t14-/m0/s1. The van der Waals surface area contributed by atoms with Crippen LogP contribution in [0.5, 0.6) is 5.75 Å².